The SMILES string of the molecule is CC(=O)Nc1cccc(N(C2CCCCC2)C(C)OC(C)=O)c1. The van der Waals surface area contributed by atoms with Gasteiger partial charge in [0.05, 0.1) is 0 Å². The fourth-order valence-corrected chi connectivity index (χ4v) is 3.32. The van der Waals surface area contributed by atoms with Crippen LogP contribution in [0, 0.1) is 0 Å². The summed E-state index contributed by atoms with van der Waals surface area (Å²) in [7, 11) is 0. The molecule has 1 aromatic carbocycles. The van der Waals surface area contributed by atoms with E-state index in [-0.39, 0.29) is 18.1 Å². The molecule has 0 heterocycles. The number of hydrogen-bond donors (Lipinski definition) is 1. The van der Waals surface area contributed by atoms with E-state index >= 15 is 0 Å². The minimum Gasteiger partial charge on any atom is -0.442 e. The Hall–Kier alpha value is -2.04. The summed E-state index contributed by atoms with van der Waals surface area (Å²) in [4.78, 5) is 24.8. The molecule has 1 amide bonds. The lowest BCUT2D eigenvalue weighted by Gasteiger charge is -2.39. The van der Waals surface area contributed by atoms with Crippen LogP contribution in [-0.4, -0.2) is 24.1 Å². The Morgan fingerprint density at radius 3 is 2.52 bits per heavy atom. The van der Waals surface area contributed by atoms with E-state index in [0.717, 1.165) is 24.2 Å². The number of esters is 1. The number of carbonyl (C=O) groups is 2. The van der Waals surface area contributed by atoms with Gasteiger partial charge in [-0.25, -0.2) is 0 Å². The first-order chi connectivity index (χ1) is 11.0. The number of nitrogens with zero attached hydrogens (tertiary/aromatic N) is 1. The highest BCUT2D eigenvalue weighted by atomic mass is 16.6. The quantitative estimate of drug-likeness (QED) is 0.664. The third-order valence-electron chi connectivity index (χ3n) is 4.16. The van der Waals surface area contributed by atoms with Gasteiger partial charge in [0, 0.05) is 31.3 Å². The molecule has 1 fully saturated rings. The molecule has 1 aliphatic carbocycles. The van der Waals surface area contributed by atoms with Gasteiger partial charge in [-0.1, -0.05) is 25.3 Å². The minimum absolute atomic E-state index is 0.0978. The smallest absolute Gasteiger partial charge is 0.304 e. The van der Waals surface area contributed by atoms with Crippen LogP contribution in [0.15, 0.2) is 24.3 Å². The zero-order chi connectivity index (χ0) is 16.8. The van der Waals surface area contributed by atoms with Crippen LogP contribution in [0.5, 0.6) is 0 Å². The summed E-state index contributed by atoms with van der Waals surface area (Å²) < 4.78 is 5.44. The fourth-order valence-electron chi connectivity index (χ4n) is 3.32. The maximum Gasteiger partial charge on any atom is 0.304 e. The number of hydrogen-bond acceptors (Lipinski definition) is 4. The number of ether oxygens (including phenoxy) is 1. The number of amides is 1. The second-order valence-corrected chi connectivity index (χ2v) is 6.14. The van der Waals surface area contributed by atoms with E-state index in [2.05, 4.69) is 10.2 Å². The van der Waals surface area contributed by atoms with Gasteiger partial charge in [-0.3, -0.25) is 9.59 Å². The average Bonchev–Trinajstić information content (AvgIpc) is 2.47. The van der Waals surface area contributed by atoms with Crippen molar-refractivity contribution in [2.24, 2.45) is 0 Å². The van der Waals surface area contributed by atoms with Gasteiger partial charge in [0.25, 0.3) is 0 Å². The van der Waals surface area contributed by atoms with Gasteiger partial charge >= 0.3 is 5.97 Å². The third-order valence-corrected chi connectivity index (χ3v) is 4.16. The zero-order valence-corrected chi connectivity index (χ0v) is 14.2. The molecular weight excluding hydrogens is 292 g/mol. The van der Waals surface area contributed by atoms with E-state index in [1.54, 1.807) is 0 Å². The summed E-state index contributed by atoms with van der Waals surface area (Å²) in [6.45, 7) is 4.83. The van der Waals surface area contributed by atoms with E-state index in [9.17, 15) is 9.59 Å². The van der Waals surface area contributed by atoms with Gasteiger partial charge < -0.3 is 15.0 Å². The Morgan fingerprint density at radius 2 is 1.91 bits per heavy atom. The first kappa shape index (κ1) is 17.3. The van der Waals surface area contributed by atoms with Crippen LogP contribution in [-0.2, 0) is 14.3 Å². The zero-order valence-electron chi connectivity index (χ0n) is 14.2. The van der Waals surface area contributed by atoms with Crippen molar-refractivity contribution >= 4 is 23.3 Å². The van der Waals surface area contributed by atoms with Crippen LogP contribution in [0.25, 0.3) is 0 Å². The predicted molar refractivity (Wildman–Crippen MR) is 91.3 cm³/mol. The summed E-state index contributed by atoms with van der Waals surface area (Å²) in [6, 6.07) is 8.07. The molecule has 0 spiro atoms. The topological polar surface area (TPSA) is 58.6 Å². The Morgan fingerprint density at radius 1 is 1.22 bits per heavy atom. The molecule has 0 radical (unpaired) electrons. The summed E-state index contributed by atoms with van der Waals surface area (Å²) in [6.07, 6.45) is 5.51. The van der Waals surface area contributed by atoms with Gasteiger partial charge in [-0.15, -0.1) is 0 Å². The molecule has 23 heavy (non-hydrogen) atoms. The van der Waals surface area contributed by atoms with E-state index in [1.807, 2.05) is 31.2 Å². The van der Waals surface area contributed by atoms with E-state index < -0.39 is 0 Å². The average molecular weight is 318 g/mol. The highest BCUT2D eigenvalue weighted by Gasteiger charge is 2.27. The second kappa shape index (κ2) is 7.99. The Bertz CT molecular complexity index is 553. The van der Waals surface area contributed by atoms with Crippen molar-refractivity contribution in [2.45, 2.75) is 65.1 Å². The molecule has 0 aliphatic heterocycles. The van der Waals surface area contributed by atoms with Crippen molar-refractivity contribution < 1.29 is 14.3 Å². The van der Waals surface area contributed by atoms with Crippen molar-refractivity contribution in [1.82, 2.24) is 0 Å². The van der Waals surface area contributed by atoms with Crippen LogP contribution in [0.3, 0.4) is 0 Å². The molecule has 5 heteroatoms. The van der Waals surface area contributed by atoms with Crippen molar-refractivity contribution in [3.8, 4) is 0 Å². The third kappa shape index (κ3) is 4.98. The highest BCUT2D eigenvalue weighted by Crippen LogP contribution is 2.31. The molecule has 126 valence electrons. The molecule has 5 nitrogen and oxygen atoms in total. The van der Waals surface area contributed by atoms with Crippen LogP contribution < -0.4 is 10.2 Å². The fraction of sp³-hybridized carbons (Fsp3) is 0.556. The van der Waals surface area contributed by atoms with E-state index in [1.165, 1.54) is 33.1 Å². The van der Waals surface area contributed by atoms with Crippen molar-refractivity contribution in [3.05, 3.63) is 24.3 Å². The predicted octanol–water partition coefficient (Wildman–Crippen LogP) is 3.69. The normalized spacial score (nSPS) is 16.5. The lowest BCUT2D eigenvalue weighted by atomic mass is 9.93. The first-order valence-corrected chi connectivity index (χ1v) is 8.30. The molecule has 0 bridgehead atoms. The second-order valence-electron chi connectivity index (χ2n) is 6.14. The summed E-state index contributed by atoms with van der Waals surface area (Å²) in [5.74, 6) is -0.379. The van der Waals surface area contributed by atoms with Gasteiger partial charge in [0.2, 0.25) is 5.91 Å². The Balaban J connectivity index is 2.27. The maximum atomic E-state index is 11.4. The molecule has 2 rings (SSSR count). The number of anilines is 2. The van der Waals surface area contributed by atoms with Gasteiger partial charge in [-0.05, 0) is 38.0 Å². The maximum absolute atomic E-state index is 11.4. The van der Waals surface area contributed by atoms with Crippen LogP contribution in [0.2, 0.25) is 0 Å². The molecule has 1 N–H and O–H groups in total. The summed E-state index contributed by atoms with van der Waals surface area (Å²) in [5, 5.41) is 2.81. The van der Waals surface area contributed by atoms with Gasteiger partial charge in [0.1, 0.15) is 0 Å². The number of benzene rings is 1. The van der Waals surface area contributed by atoms with Crippen molar-refractivity contribution in [2.75, 3.05) is 10.2 Å². The monoisotopic (exact) mass is 318 g/mol. The van der Waals surface area contributed by atoms with Crippen LogP contribution in [0.4, 0.5) is 11.4 Å². The summed E-state index contributed by atoms with van der Waals surface area (Å²) in [5.41, 5.74) is 1.72. The molecule has 0 saturated heterocycles. The van der Waals surface area contributed by atoms with Crippen molar-refractivity contribution in [3.63, 3.8) is 0 Å². The number of carbonyl (C=O) groups excluding carboxylic acids is 2. The molecule has 1 saturated carbocycles. The highest BCUT2D eigenvalue weighted by molar-refractivity contribution is 5.89. The molecule has 1 unspecified atom stereocenters. The Kier molecular flexibility index (Phi) is 6.02. The first-order valence-electron chi connectivity index (χ1n) is 8.30. The van der Waals surface area contributed by atoms with Crippen LogP contribution in [0.1, 0.15) is 52.9 Å². The molecule has 1 atom stereocenters. The summed E-state index contributed by atoms with van der Waals surface area (Å²) >= 11 is 0. The number of rotatable bonds is 5. The van der Waals surface area contributed by atoms with Crippen molar-refractivity contribution in [1.29, 1.82) is 0 Å². The lowest BCUT2D eigenvalue weighted by Crippen LogP contribution is -2.45. The van der Waals surface area contributed by atoms with E-state index in [0.29, 0.717) is 6.04 Å². The largest absolute Gasteiger partial charge is 0.442 e. The lowest BCUT2D eigenvalue weighted by molar-refractivity contribution is -0.145. The van der Waals surface area contributed by atoms with Crippen LogP contribution >= 0.6 is 0 Å². The molecule has 0 aromatic heterocycles. The molecular formula is C18H26N2O3. The molecule has 1 aromatic rings. The standard InChI is InChI=1S/C18H26N2O3/c1-13(21)19-16-8-7-11-18(12-16)20(14(2)23-15(3)22)17-9-5-4-6-10-17/h7-8,11-12,14,17H,4-6,9-10H2,1-3H3,(H,19,21). The molecule has 1 aliphatic rings. The number of nitrogens with one attached hydrogen (secondary N) is 1. The van der Waals surface area contributed by atoms with Gasteiger partial charge in [0.15, 0.2) is 6.23 Å². The van der Waals surface area contributed by atoms with E-state index in [4.69, 9.17) is 4.74 Å². The van der Waals surface area contributed by atoms with Gasteiger partial charge in [-0.2, -0.15) is 0 Å². The Labute approximate surface area is 138 Å². The minimum atomic E-state index is -0.330.